The third-order valence-corrected chi connectivity index (χ3v) is 4.90. The summed E-state index contributed by atoms with van der Waals surface area (Å²) >= 11 is 1.49. The third-order valence-electron chi connectivity index (χ3n) is 4.01. The Hall–Kier alpha value is -1.89. The zero-order valence-corrected chi connectivity index (χ0v) is 12.8. The first-order valence-electron chi connectivity index (χ1n) is 6.91. The number of fused-ring (bicyclic) bond motifs is 1. The second-order valence-electron chi connectivity index (χ2n) is 5.57. The number of aryl methyl sites for hydroxylation is 1. The molecule has 21 heavy (non-hydrogen) atoms. The fourth-order valence-electron chi connectivity index (χ4n) is 2.93. The number of carboxylic acids is 1. The lowest BCUT2D eigenvalue weighted by molar-refractivity contribution is -0.149. The number of aliphatic carboxylic acids is 1. The maximum Gasteiger partial charge on any atom is 0.326 e. The molecule has 1 aliphatic rings. The van der Waals surface area contributed by atoms with Crippen molar-refractivity contribution in [2.45, 2.75) is 32.7 Å². The molecule has 3 rings (SSSR count). The Labute approximate surface area is 126 Å². The lowest BCUT2D eigenvalue weighted by Crippen LogP contribution is -2.43. The van der Waals surface area contributed by atoms with E-state index in [1.54, 1.807) is 0 Å². The van der Waals surface area contributed by atoms with Gasteiger partial charge in [0, 0.05) is 23.8 Å². The lowest BCUT2D eigenvalue weighted by atomic mass is 10.0. The SMILES string of the molecule is Cc1cn2c(CC(=O)N3CCC(C)C3C(=O)O)csc2n1. The molecule has 1 amide bonds. The Morgan fingerprint density at radius 2 is 2.29 bits per heavy atom. The van der Waals surface area contributed by atoms with E-state index in [1.807, 2.05) is 29.8 Å². The van der Waals surface area contributed by atoms with Gasteiger partial charge in [0.05, 0.1) is 12.1 Å². The van der Waals surface area contributed by atoms with E-state index < -0.39 is 12.0 Å². The predicted molar refractivity (Wildman–Crippen MR) is 78.4 cm³/mol. The first-order valence-corrected chi connectivity index (χ1v) is 7.79. The van der Waals surface area contributed by atoms with E-state index in [0.717, 1.165) is 22.8 Å². The zero-order chi connectivity index (χ0) is 15.1. The van der Waals surface area contributed by atoms with E-state index in [1.165, 1.54) is 16.2 Å². The van der Waals surface area contributed by atoms with E-state index in [-0.39, 0.29) is 18.2 Å². The quantitative estimate of drug-likeness (QED) is 0.934. The van der Waals surface area contributed by atoms with Gasteiger partial charge in [0.2, 0.25) is 5.91 Å². The molecule has 0 spiro atoms. The van der Waals surface area contributed by atoms with Gasteiger partial charge in [-0.05, 0) is 19.3 Å². The van der Waals surface area contributed by atoms with Gasteiger partial charge in [-0.15, -0.1) is 11.3 Å². The summed E-state index contributed by atoms with van der Waals surface area (Å²) < 4.78 is 1.91. The molecule has 0 aromatic carbocycles. The van der Waals surface area contributed by atoms with Crippen LogP contribution in [0, 0.1) is 12.8 Å². The van der Waals surface area contributed by atoms with Gasteiger partial charge >= 0.3 is 5.97 Å². The average molecular weight is 307 g/mol. The van der Waals surface area contributed by atoms with Crippen molar-refractivity contribution in [1.29, 1.82) is 0 Å². The molecule has 2 unspecified atom stereocenters. The highest BCUT2D eigenvalue weighted by atomic mass is 32.1. The van der Waals surface area contributed by atoms with Crippen molar-refractivity contribution in [1.82, 2.24) is 14.3 Å². The number of imidazole rings is 1. The molecule has 2 atom stereocenters. The molecule has 1 aliphatic heterocycles. The number of likely N-dealkylation sites (tertiary alicyclic amines) is 1. The number of carboxylic acid groups (broad SMARTS) is 1. The van der Waals surface area contributed by atoms with E-state index in [0.29, 0.717) is 6.54 Å². The monoisotopic (exact) mass is 307 g/mol. The fraction of sp³-hybridized carbons (Fsp3) is 0.500. The Bertz CT molecular complexity index is 705. The number of carbonyl (C=O) groups is 2. The predicted octanol–water partition coefficient (Wildman–Crippen LogP) is 1.57. The number of carbonyl (C=O) groups excluding carboxylic acids is 1. The first kappa shape index (κ1) is 14.1. The summed E-state index contributed by atoms with van der Waals surface area (Å²) in [6.45, 7) is 4.31. The smallest absolute Gasteiger partial charge is 0.326 e. The van der Waals surface area contributed by atoms with E-state index in [9.17, 15) is 14.7 Å². The van der Waals surface area contributed by atoms with Crippen molar-refractivity contribution in [2.75, 3.05) is 6.54 Å². The van der Waals surface area contributed by atoms with Gasteiger partial charge in [0.25, 0.3) is 0 Å². The van der Waals surface area contributed by atoms with Crippen LogP contribution in [0.3, 0.4) is 0 Å². The van der Waals surface area contributed by atoms with Gasteiger partial charge < -0.3 is 10.0 Å². The van der Waals surface area contributed by atoms with E-state index in [2.05, 4.69) is 4.98 Å². The van der Waals surface area contributed by atoms with Gasteiger partial charge in [-0.2, -0.15) is 0 Å². The summed E-state index contributed by atoms with van der Waals surface area (Å²) in [6, 6.07) is -0.698. The Balaban J connectivity index is 1.81. The molecule has 112 valence electrons. The van der Waals surface area contributed by atoms with Crippen molar-refractivity contribution >= 4 is 28.2 Å². The lowest BCUT2D eigenvalue weighted by Gasteiger charge is -2.23. The minimum absolute atomic E-state index is 0.00410. The number of aromatic nitrogens is 2. The minimum Gasteiger partial charge on any atom is -0.480 e. The minimum atomic E-state index is -0.915. The second kappa shape index (κ2) is 5.14. The highest BCUT2D eigenvalue weighted by molar-refractivity contribution is 7.15. The van der Waals surface area contributed by atoms with Crippen molar-refractivity contribution < 1.29 is 14.7 Å². The molecule has 1 fully saturated rings. The molecule has 0 bridgehead atoms. The van der Waals surface area contributed by atoms with Crippen molar-refractivity contribution in [3.8, 4) is 0 Å². The molecular weight excluding hydrogens is 290 g/mol. The normalized spacial score (nSPS) is 22.1. The van der Waals surface area contributed by atoms with Crippen molar-refractivity contribution in [3.05, 3.63) is 23.0 Å². The summed E-state index contributed by atoms with van der Waals surface area (Å²) in [5, 5.41) is 11.2. The van der Waals surface area contributed by atoms with Crippen molar-refractivity contribution in [3.63, 3.8) is 0 Å². The average Bonchev–Trinajstić information content (AvgIpc) is 3.05. The largest absolute Gasteiger partial charge is 0.480 e. The molecule has 0 aliphatic carbocycles. The van der Waals surface area contributed by atoms with Crippen LogP contribution in [0.15, 0.2) is 11.6 Å². The summed E-state index contributed by atoms with van der Waals surface area (Å²) in [4.78, 5) is 30.5. The van der Waals surface area contributed by atoms with Gasteiger partial charge in [-0.1, -0.05) is 6.92 Å². The zero-order valence-electron chi connectivity index (χ0n) is 11.9. The van der Waals surface area contributed by atoms with Crippen LogP contribution >= 0.6 is 11.3 Å². The Morgan fingerprint density at radius 1 is 1.52 bits per heavy atom. The number of hydrogen-bond acceptors (Lipinski definition) is 4. The van der Waals surface area contributed by atoms with Gasteiger partial charge in [0.15, 0.2) is 4.96 Å². The highest BCUT2D eigenvalue weighted by Crippen LogP contribution is 2.25. The second-order valence-corrected chi connectivity index (χ2v) is 6.41. The summed E-state index contributed by atoms with van der Waals surface area (Å²) in [6.07, 6.45) is 2.86. The van der Waals surface area contributed by atoms with Crippen LogP contribution in [0.1, 0.15) is 24.7 Å². The number of thiazole rings is 1. The Kier molecular flexibility index (Phi) is 3.44. The first-order chi connectivity index (χ1) is 9.97. The highest BCUT2D eigenvalue weighted by Gasteiger charge is 2.39. The van der Waals surface area contributed by atoms with E-state index >= 15 is 0 Å². The van der Waals surface area contributed by atoms with Gasteiger partial charge in [-0.3, -0.25) is 9.20 Å². The molecule has 1 saturated heterocycles. The number of rotatable bonds is 3. The topological polar surface area (TPSA) is 74.9 Å². The number of hydrogen-bond donors (Lipinski definition) is 1. The Morgan fingerprint density at radius 3 is 3.00 bits per heavy atom. The van der Waals surface area contributed by atoms with Crippen LogP contribution < -0.4 is 0 Å². The summed E-state index contributed by atoms with van der Waals surface area (Å²) in [5.41, 5.74) is 1.78. The number of amides is 1. The molecular formula is C14H17N3O3S. The molecule has 0 radical (unpaired) electrons. The van der Waals surface area contributed by atoms with Gasteiger partial charge in [0.1, 0.15) is 6.04 Å². The van der Waals surface area contributed by atoms with Crippen LogP contribution in [0.5, 0.6) is 0 Å². The van der Waals surface area contributed by atoms with Crippen LogP contribution in [-0.4, -0.2) is 43.9 Å². The molecule has 2 aromatic rings. The van der Waals surface area contributed by atoms with Crippen LogP contribution in [-0.2, 0) is 16.0 Å². The molecule has 3 heterocycles. The van der Waals surface area contributed by atoms with Crippen LogP contribution in [0.2, 0.25) is 0 Å². The van der Waals surface area contributed by atoms with Crippen LogP contribution in [0.25, 0.3) is 4.96 Å². The third kappa shape index (κ3) is 2.42. The summed E-state index contributed by atoms with van der Waals surface area (Å²) in [7, 11) is 0. The van der Waals surface area contributed by atoms with Crippen LogP contribution in [0.4, 0.5) is 0 Å². The maximum atomic E-state index is 12.5. The van der Waals surface area contributed by atoms with E-state index in [4.69, 9.17) is 0 Å². The molecule has 6 nitrogen and oxygen atoms in total. The summed E-state index contributed by atoms with van der Waals surface area (Å²) in [5.74, 6) is -1.04. The molecule has 2 aromatic heterocycles. The van der Waals surface area contributed by atoms with Gasteiger partial charge in [-0.25, -0.2) is 9.78 Å². The molecule has 1 N–H and O–H groups in total. The maximum absolute atomic E-state index is 12.5. The number of nitrogens with zero attached hydrogens (tertiary/aromatic N) is 3. The standard InChI is InChI=1S/C14H17N3O3S/c1-8-3-4-16(12(8)13(19)20)11(18)5-10-7-21-14-15-9(2)6-17(10)14/h6-8,12H,3-5H2,1-2H3,(H,19,20). The molecule has 0 saturated carbocycles. The fourth-order valence-corrected chi connectivity index (χ4v) is 3.85. The molecule has 7 heteroatoms. The van der Waals surface area contributed by atoms with Crippen molar-refractivity contribution in [2.24, 2.45) is 5.92 Å².